The highest BCUT2D eigenvalue weighted by Crippen LogP contribution is 2.32. The Morgan fingerprint density at radius 1 is 1.14 bits per heavy atom. The van der Waals surface area contributed by atoms with Gasteiger partial charge in [0.1, 0.15) is 12.1 Å². The minimum atomic E-state index is 0.690. The second kappa shape index (κ2) is 6.22. The van der Waals surface area contributed by atoms with Crippen LogP contribution in [0.2, 0.25) is 0 Å². The molecule has 0 radical (unpaired) electrons. The molecule has 4 nitrogen and oxygen atoms in total. The van der Waals surface area contributed by atoms with E-state index in [0.717, 1.165) is 31.6 Å². The van der Waals surface area contributed by atoms with Crippen LogP contribution in [0.3, 0.4) is 0 Å². The van der Waals surface area contributed by atoms with E-state index in [1.165, 1.54) is 28.9 Å². The van der Waals surface area contributed by atoms with Crippen LogP contribution in [0.15, 0.2) is 30.6 Å². The van der Waals surface area contributed by atoms with E-state index < -0.39 is 0 Å². The maximum Gasteiger partial charge on any atom is 0.139 e. The highest BCUT2D eigenvalue weighted by Gasteiger charge is 2.21. The Hall–Kier alpha value is -1.94. The van der Waals surface area contributed by atoms with Gasteiger partial charge in [0.05, 0.1) is 0 Å². The van der Waals surface area contributed by atoms with Gasteiger partial charge in [0.15, 0.2) is 0 Å². The smallest absolute Gasteiger partial charge is 0.139 e. The van der Waals surface area contributed by atoms with E-state index in [4.69, 9.17) is 5.73 Å². The molecule has 2 aromatic rings. The van der Waals surface area contributed by atoms with Crippen molar-refractivity contribution in [3.8, 4) is 0 Å². The third-order valence-corrected chi connectivity index (χ3v) is 4.04. The summed E-state index contributed by atoms with van der Waals surface area (Å²) in [5, 5.41) is 0. The molecule has 2 N–H and O–H groups in total. The number of rotatable bonds is 5. The summed E-state index contributed by atoms with van der Waals surface area (Å²) in [6.45, 7) is 3.69. The highest BCUT2D eigenvalue weighted by atomic mass is 15.2. The Kier molecular flexibility index (Phi) is 4.15. The van der Waals surface area contributed by atoms with E-state index in [1.54, 1.807) is 6.33 Å². The molecule has 4 heteroatoms. The Balaban J connectivity index is 1.99. The van der Waals surface area contributed by atoms with E-state index in [9.17, 15) is 0 Å². The molecule has 0 fully saturated rings. The lowest BCUT2D eigenvalue weighted by Crippen LogP contribution is -2.23. The summed E-state index contributed by atoms with van der Waals surface area (Å²) >= 11 is 0. The van der Waals surface area contributed by atoms with Gasteiger partial charge in [-0.05, 0) is 51.3 Å². The normalized spacial score (nSPS) is 13.2. The van der Waals surface area contributed by atoms with Crippen molar-refractivity contribution in [2.24, 2.45) is 5.73 Å². The van der Waals surface area contributed by atoms with Gasteiger partial charge in [0.2, 0.25) is 0 Å². The summed E-state index contributed by atoms with van der Waals surface area (Å²) in [5.41, 5.74) is 10.7. The number of nitrogens with zero attached hydrogens (tertiary/aromatic N) is 3. The SMILES string of the molecule is Cc1ccc(N(CCCN)c2ncnc3c2CCC3)cc1. The third kappa shape index (κ3) is 2.90. The number of aromatic nitrogens is 2. The molecule has 1 aromatic carbocycles. The lowest BCUT2D eigenvalue weighted by atomic mass is 10.1. The van der Waals surface area contributed by atoms with Gasteiger partial charge in [-0.1, -0.05) is 17.7 Å². The van der Waals surface area contributed by atoms with Gasteiger partial charge in [0.25, 0.3) is 0 Å². The molecule has 0 unspecified atom stereocenters. The molecule has 0 saturated carbocycles. The molecular formula is C17H22N4. The largest absolute Gasteiger partial charge is 0.330 e. The van der Waals surface area contributed by atoms with Crippen LogP contribution in [-0.2, 0) is 12.8 Å². The maximum atomic E-state index is 5.71. The number of anilines is 2. The van der Waals surface area contributed by atoms with Gasteiger partial charge in [-0.2, -0.15) is 0 Å². The lowest BCUT2D eigenvalue weighted by Gasteiger charge is -2.25. The Labute approximate surface area is 126 Å². The van der Waals surface area contributed by atoms with Crippen LogP contribution >= 0.6 is 0 Å². The van der Waals surface area contributed by atoms with Gasteiger partial charge in [-0.3, -0.25) is 0 Å². The van der Waals surface area contributed by atoms with Gasteiger partial charge >= 0.3 is 0 Å². The average molecular weight is 282 g/mol. The Bertz CT molecular complexity index is 607. The van der Waals surface area contributed by atoms with Crippen molar-refractivity contribution in [1.29, 1.82) is 0 Å². The van der Waals surface area contributed by atoms with Gasteiger partial charge in [0, 0.05) is 23.5 Å². The number of nitrogens with two attached hydrogens (primary N) is 1. The summed E-state index contributed by atoms with van der Waals surface area (Å²) in [7, 11) is 0. The molecule has 1 aliphatic rings. The molecule has 0 amide bonds. The topological polar surface area (TPSA) is 55.0 Å². The first-order chi connectivity index (χ1) is 10.3. The van der Waals surface area contributed by atoms with E-state index in [1.807, 2.05) is 0 Å². The summed E-state index contributed by atoms with van der Waals surface area (Å²) in [5.74, 6) is 1.06. The predicted octanol–water partition coefficient (Wildman–Crippen LogP) is 2.76. The molecular weight excluding hydrogens is 260 g/mol. The quantitative estimate of drug-likeness (QED) is 0.916. The van der Waals surface area contributed by atoms with E-state index >= 15 is 0 Å². The van der Waals surface area contributed by atoms with Gasteiger partial charge in [-0.25, -0.2) is 9.97 Å². The molecule has 1 aliphatic carbocycles. The molecule has 1 heterocycles. The van der Waals surface area contributed by atoms with Crippen LogP contribution in [0.4, 0.5) is 11.5 Å². The first kappa shape index (κ1) is 14.0. The molecule has 0 bridgehead atoms. The second-order valence-electron chi connectivity index (χ2n) is 5.61. The fraction of sp³-hybridized carbons (Fsp3) is 0.412. The summed E-state index contributed by atoms with van der Waals surface area (Å²) < 4.78 is 0. The molecule has 110 valence electrons. The Morgan fingerprint density at radius 3 is 2.71 bits per heavy atom. The maximum absolute atomic E-state index is 5.71. The molecule has 0 saturated heterocycles. The van der Waals surface area contributed by atoms with E-state index in [-0.39, 0.29) is 0 Å². The van der Waals surface area contributed by atoms with Crippen LogP contribution in [0.5, 0.6) is 0 Å². The second-order valence-corrected chi connectivity index (χ2v) is 5.61. The number of fused-ring (bicyclic) bond motifs is 1. The van der Waals surface area contributed by atoms with Crippen molar-refractivity contribution in [2.45, 2.75) is 32.6 Å². The van der Waals surface area contributed by atoms with Crippen molar-refractivity contribution in [3.05, 3.63) is 47.4 Å². The molecule has 1 aromatic heterocycles. The number of hydrogen-bond donors (Lipinski definition) is 1. The van der Waals surface area contributed by atoms with Crippen molar-refractivity contribution in [1.82, 2.24) is 9.97 Å². The Morgan fingerprint density at radius 2 is 1.95 bits per heavy atom. The van der Waals surface area contributed by atoms with E-state index in [0.29, 0.717) is 6.54 Å². The monoisotopic (exact) mass is 282 g/mol. The highest BCUT2D eigenvalue weighted by molar-refractivity contribution is 5.64. The van der Waals surface area contributed by atoms with Crippen molar-refractivity contribution < 1.29 is 0 Å². The van der Waals surface area contributed by atoms with Crippen molar-refractivity contribution >= 4 is 11.5 Å². The van der Waals surface area contributed by atoms with Crippen LogP contribution in [-0.4, -0.2) is 23.1 Å². The number of aryl methyl sites for hydroxylation is 2. The molecule has 0 atom stereocenters. The third-order valence-electron chi connectivity index (χ3n) is 4.04. The van der Waals surface area contributed by atoms with Gasteiger partial charge in [-0.15, -0.1) is 0 Å². The van der Waals surface area contributed by atoms with Crippen LogP contribution in [0.1, 0.15) is 29.7 Å². The minimum absolute atomic E-state index is 0.690. The zero-order chi connectivity index (χ0) is 14.7. The number of benzene rings is 1. The minimum Gasteiger partial charge on any atom is -0.330 e. The zero-order valence-corrected chi connectivity index (χ0v) is 12.5. The van der Waals surface area contributed by atoms with Crippen LogP contribution in [0, 0.1) is 6.92 Å². The van der Waals surface area contributed by atoms with Crippen molar-refractivity contribution in [3.63, 3.8) is 0 Å². The fourth-order valence-corrected chi connectivity index (χ4v) is 2.91. The molecule has 0 spiro atoms. The average Bonchev–Trinajstić information content (AvgIpc) is 2.98. The molecule has 21 heavy (non-hydrogen) atoms. The van der Waals surface area contributed by atoms with Crippen LogP contribution < -0.4 is 10.6 Å². The van der Waals surface area contributed by atoms with E-state index in [2.05, 4.69) is 46.1 Å². The van der Waals surface area contributed by atoms with Crippen molar-refractivity contribution in [2.75, 3.05) is 18.0 Å². The van der Waals surface area contributed by atoms with Gasteiger partial charge < -0.3 is 10.6 Å². The molecule has 0 aliphatic heterocycles. The first-order valence-corrected chi connectivity index (χ1v) is 7.66. The molecule has 3 rings (SSSR count). The lowest BCUT2D eigenvalue weighted by molar-refractivity contribution is 0.803. The van der Waals surface area contributed by atoms with Crippen LogP contribution in [0.25, 0.3) is 0 Å². The predicted molar refractivity (Wildman–Crippen MR) is 85.9 cm³/mol. The summed E-state index contributed by atoms with van der Waals surface area (Å²) in [6, 6.07) is 8.61. The summed E-state index contributed by atoms with van der Waals surface area (Å²) in [6.07, 6.45) is 5.98. The fourth-order valence-electron chi connectivity index (χ4n) is 2.91. The summed E-state index contributed by atoms with van der Waals surface area (Å²) in [4.78, 5) is 11.3. The number of hydrogen-bond acceptors (Lipinski definition) is 4. The zero-order valence-electron chi connectivity index (χ0n) is 12.5. The first-order valence-electron chi connectivity index (χ1n) is 7.66. The standard InChI is InChI=1S/C17H22N4/c1-13-6-8-14(9-7-13)21(11-3-10-18)17-15-4-2-5-16(15)19-12-20-17/h6-9,12H,2-5,10-11,18H2,1H3.